The Morgan fingerprint density at radius 3 is 3.20 bits per heavy atom. The van der Waals surface area contributed by atoms with Gasteiger partial charge in [-0.1, -0.05) is 18.7 Å². The molecule has 0 bridgehead atoms. The lowest BCUT2D eigenvalue weighted by molar-refractivity contribution is 0.629. The van der Waals surface area contributed by atoms with Crippen molar-refractivity contribution >= 4 is 33.3 Å². The van der Waals surface area contributed by atoms with Gasteiger partial charge in [0.1, 0.15) is 4.83 Å². The molecule has 0 saturated carbocycles. The quantitative estimate of drug-likeness (QED) is 0.660. The monoisotopic (exact) mass is 238 g/mol. The highest BCUT2D eigenvalue weighted by Gasteiger charge is 2.22. The number of hydrogen-bond acceptors (Lipinski definition) is 4. The summed E-state index contributed by atoms with van der Waals surface area (Å²) in [5.74, 6) is 0. The molecule has 3 rings (SSSR count). The highest BCUT2D eigenvalue weighted by molar-refractivity contribution is 7.99. The largest absolute Gasteiger partial charge is 0.286 e. The Morgan fingerprint density at radius 1 is 1.60 bits per heavy atom. The highest BCUT2D eigenvalue weighted by Crippen LogP contribution is 2.31. The number of aryl methyl sites for hydroxylation is 1. The Morgan fingerprint density at radius 2 is 2.40 bits per heavy atom. The average Bonchev–Trinajstić information content (AvgIpc) is 2.69. The Hall–Kier alpha value is -0.810. The summed E-state index contributed by atoms with van der Waals surface area (Å²) in [6.07, 6.45) is 0. The lowest BCUT2D eigenvalue weighted by Crippen LogP contribution is -2.20. The smallest absolute Gasteiger partial charge is 0.262 e. The van der Waals surface area contributed by atoms with Gasteiger partial charge in [0, 0.05) is 16.7 Å². The lowest BCUT2D eigenvalue weighted by atomic mass is 10.3. The van der Waals surface area contributed by atoms with E-state index in [-0.39, 0.29) is 5.56 Å². The van der Waals surface area contributed by atoms with Crippen molar-refractivity contribution in [3.05, 3.63) is 21.3 Å². The van der Waals surface area contributed by atoms with E-state index in [0.29, 0.717) is 5.25 Å². The first-order valence-corrected chi connectivity index (χ1v) is 6.52. The minimum absolute atomic E-state index is 0.121. The minimum atomic E-state index is 0.121. The first-order chi connectivity index (χ1) is 7.15. The van der Waals surface area contributed by atoms with Gasteiger partial charge in [0.15, 0.2) is 5.16 Å². The van der Waals surface area contributed by atoms with E-state index in [4.69, 9.17) is 0 Å². The van der Waals surface area contributed by atoms with Crippen molar-refractivity contribution < 1.29 is 0 Å². The number of thioether (sulfide) groups is 1. The van der Waals surface area contributed by atoms with Gasteiger partial charge in [-0.25, -0.2) is 4.98 Å². The van der Waals surface area contributed by atoms with Gasteiger partial charge in [0.05, 0.1) is 5.39 Å². The van der Waals surface area contributed by atoms with Crippen LogP contribution in [0.15, 0.2) is 16.0 Å². The minimum Gasteiger partial charge on any atom is -0.286 e. The van der Waals surface area contributed by atoms with Gasteiger partial charge in [-0.2, -0.15) is 0 Å². The molecular weight excluding hydrogens is 228 g/mol. The Labute approximate surface area is 95.1 Å². The molecule has 0 aromatic carbocycles. The summed E-state index contributed by atoms with van der Waals surface area (Å²) >= 11 is 3.28. The molecule has 0 spiro atoms. The Kier molecular flexibility index (Phi) is 1.94. The molecule has 1 unspecified atom stereocenters. The molecule has 1 aliphatic rings. The zero-order chi connectivity index (χ0) is 10.6. The molecular formula is C10H10N2OS2. The Balaban J connectivity index is 2.39. The molecule has 0 radical (unpaired) electrons. The van der Waals surface area contributed by atoms with E-state index in [9.17, 15) is 4.79 Å². The summed E-state index contributed by atoms with van der Waals surface area (Å²) in [7, 11) is 0. The fourth-order valence-corrected chi connectivity index (χ4v) is 3.78. The molecule has 78 valence electrons. The van der Waals surface area contributed by atoms with Crippen molar-refractivity contribution in [2.24, 2.45) is 0 Å². The summed E-state index contributed by atoms with van der Waals surface area (Å²) in [6.45, 7) is 4.92. The van der Waals surface area contributed by atoms with Crippen LogP contribution in [0.25, 0.3) is 10.2 Å². The van der Waals surface area contributed by atoms with Crippen molar-refractivity contribution in [3.63, 3.8) is 0 Å². The first-order valence-electron chi connectivity index (χ1n) is 4.83. The predicted octanol–water partition coefficient (Wildman–Crippen LogP) is 2.26. The molecule has 15 heavy (non-hydrogen) atoms. The SMILES string of the molecule is Cc1cc2c(=O)n3c(nc2s1)SC(C)C3. The zero-order valence-electron chi connectivity index (χ0n) is 8.48. The standard InChI is InChI=1S/C10H10N2OS2/c1-5-3-7-8(14-5)11-10-12(9(7)13)4-6(2)15-10/h3,6H,4H2,1-2H3. The molecule has 2 aromatic rings. The summed E-state index contributed by atoms with van der Waals surface area (Å²) < 4.78 is 1.80. The van der Waals surface area contributed by atoms with Gasteiger partial charge in [-0.05, 0) is 13.0 Å². The molecule has 2 aromatic heterocycles. The lowest BCUT2D eigenvalue weighted by Gasteiger charge is -1.99. The third kappa shape index (κ3) is 1.33. The molecule has 3 heterocycles. The van der Waals surface area contributed by atoms with Crippen molar-refractivity contribution in [2.75, 3.05) is 0 Å². The molecule has 1 atom stereocenters. The third-order valence-corrected chi connectivity index (χ3v) is 4.50. The van der Waals surface area contributed by atoms with Crippen LogP contribution in [-0.4, -0.2) is 14.8 Å². The van der Waals surface area contributed by atoms with Crippen LogP contribution >= 0.6 is 23.1 Å². The zero-order valence-corrected chi connectivity index (χ0v) is 10.1. The van der Waals surface area contributed by atoms with Crippen molar-refractivity contribution in [1.82, 2.24) is 9.55 Å². The number of thiophene rings is 1. The van der Waals surface area contributed by atoms with Crippen molar-refractivity contribution in [3.8, 4) is 0 Å². The van der Waals surface area contributed by atoms with E-state index in [2.05, 4.69) is 11.9 Å². The second kappa shape index (κ2) is 3.09. The molecule has 5 heteroatoms. The fourth-order valence-electron chi connectivity index (χ4n) is 1.84. The average molecular weight is 238 g/mol. The number of nitrogens with zero attached hydrogens (tertiary/aromatic N) is 2. The van der Waals surface area contributed by atoms with E-state index >= 15 is 0 Å². The van der Waals surface area contributed by atoms with Crippen LogP contribution < -0.4 is 5.56 Å². The summed E-state index contributed by atoms with van der Waals surface area (Å²) in [5, 5.41) is 2.11. The summed E-state index contributed by atoms with van der Waals surface area (Å²) in [5.41, 5.74) is 0.121. The van der Waals surface area contributed by atoms with Crippen LogP contribution in [0, 0.1) is 6.92 Å². The van der Waals surface area contributed by atoms with Crippen molar-refractivity contribution in [2.45, 2.75) is 30.8 Å². The Bertz CT molecular complexity index is 599. The molecule has 0 fully saturated rings. The second-order valence-electron chi connectivity index (χ2n) is 3.81. The van der Waals surface area contributed by atoms with Gasteiger partial charge in [-0.15, -0.1) is 11.3 Å². The topological polar surface area (TPSA) is 34.9 Å². The number of rotatable bonds is 0. The van der Waals surface area contributed by atoms with Crippen LogP contribution in [0.5, 0.6) is 0 Å². The van der Waals surface area contributed by atoms with E-state index in [1.807, 2.05) is 13.0 Å². The van der Waals surface area contributed by atoms with Crippen molar-refractivity contribution in [1.29, 1.82) is 0 Å². The third-order valence-electron chi connectivity index (χ3n) is 2.49. The normalized spacial score (nSPS) is 19.7. The fraction of sp³-hybridized carbons (Fsp3) is 0.400. The molecule has 0 N–H and O–H groups in total. The van der Waals surface area contributed by atoms with Crippen LogP contribution in [0.4, 0.5) is 0 Å². The molecule has 0 saturated heterocycles. The second-order valence-corrected chi connectivity index (χ2v) is 6.45. The van der Waals surface area contributed by atoms with Crippen LogP contribution in [0.2, 0.25) is 0 Å². The van der Waals surface area contributed by atoms with Crippen LogP contribution in [-0.2, 0) is 6.54 Å². The summed E-state index contributed by atoms with van der Waals surface area (Å²) in [4.78, 5) is 18.7. The van der Waals surface area contributed by atoms with E-state index < -0.39 is 0 Å². The van der Waals surface area contributed by atoms with Gasteiger partial charge in [0.25, 0.3) is 5.56 Å². The maximum absolute atomic E-state index is 12.1. The van der Waals surface area contributed by atoms with E-state index in [1.54, 1.807) is 27.7 Å². The molecule has 1 aliphatic heterocycles. The highest BCUT2D eigenvalue weighted by atomic mass is 32.2. The summed E-state index contributed by atoms with van der Waals surface area (Å²) in [6, 6.07) is 1.94. The number of fused-ring (bicyclic) bond motifs is 2. The van der Waals surface area contributed by atoms with Gasteiger partial charge in [0.2, 0.25) is 0 Å². The van der Waals surface area contributed by atoms with E-state index in [0.717, 1.165) is 26.8 Å². The van der Waals surface area contributed by atoms with Crippen LogP contribution in [0.1, 0.15) is 11.8 Å². The maximum Gasteiger partial charge on any atom is 0.262 e. The van der Waals surface area contributed by atoms with Crippen LogP contribution in [0.3, 0.4) is 0 Å². The molecule has 0 aliphatic carbocycles. The van der Waals surface area contributed by atoms with Gasteiger partial charge < -0.3 is 0 Å². The van der Waals surface area contributed by atoms with Gasteiger partial charge in [-0.3, -0.25) is 9.36 Å². The van der Waals surface area contributed by atoms with Gasteiger partial charge >= 0.3 is 0 Å². The molecule has 0 amide bonds. The number of hydrogen-bond donors (Lipinski definition) is 0. The maximum atomic E-state index is 12.1. The first kappa shape index (κ1) is 9.42. The molecule has 3 nitrogen and oxygen atoms in total. The predicted molar refractivity (Wildman–Crippen MR) is 63.9 cm³/mol. The van der Waals surface area contributed by atoms with E-state index in [1.165, 1.54) is 0 Å². The number of aromatic nitrogens is 2.